The van der Waals surface area contributed by atoms with Gasteiger partial charge in [-0.2, -0.15) is 18.4 Å². The fourth-order valence-corrected chi connectivity index (χ4v) is 1.73. The van der Waals surface area contributed by atoms with E-state index in [1.807, 2.05) is 0 Å². The molecule has 0 aliphatic carbocycles. The van der Waals surface area contributed by atoms with Crippen molar-refractivity contribution in [2.45, 2.75) is 18.7 Å². The molecule has 1 atom stereocenters. The number of hydrogen-bond acceptors (Lipinski definition) is 3. The van der Waals surface area contributed by atoms with Crippen LogP contribution in [0, 0.1) is 11.3 Å². The predicted octanol–water partition coefficient (Wildman–Crippen LogP) is 2.71. The van der Waals surface area contributed by atoms with Gasteiger partial charge in [0.05, 0.1) is 12.5 Å². The maximum Gasteiger partial charge on any atom is 0.425 e. The second kappa shape index (κ2) is 3.98. The summed E-state index contributed by atoms with van der Waals surface area (Å²) < 4.78 is 36.3. The molecule has 0 aliphatic heterocycles. The van der Waals surface area contributed by atoms with E-state index in [0.29, 0.717) is 11.3 Å². The van der Waals surface area contributed by atoms with Crippen LogP contribution in [0.1, 0.15) is 22.3 Å². The first-order valence-corrected chi connectivity index (χ1v) is 4.48. The summed E-state index contributed by atoms with van der Waals surface area (Å²) in [7, 11) is 0. The van der Waals surface area contributed by atoms with Crippen molar-refractivity contribution < 1.29 is 18.3 Å². The summed E-state index contributed by atoms with van der Waals surface area (Å²) in [5.41, 5.74) is 0. The third-order valence-corrected chi connectivity index (χ3v) is 2.75. The molecule has 0 fully saturated rings. The van der Waals surface area contributed by atoms with Gasteiger partial charge in [0, 0.05) is 4.88 Å². The van der Waals surface area contributed by atoms with Crippen LogP contribution in [-0.2, 0) is 6.18 Å². The number of hydrogen-bond donors (Lipinski definition) is 1. The van der Waals surface area contributed by atoms with E-state index in [1.165, 1.54) is 6.07 Å². The molecule has 0 bridgehead atoms. The summed E-state index contributed by atoms with van der Waals surface area (Å²) in [5, 5.41) is 17.5. The molecule has 2 nitrogen and oxygen atoms in total. The van der Waals surface area contributed by atoms with Crippen LogP contribution in [-0.4, -0.2) is 5.11 Å². The third-order valence-electron chi connectivity index (χ3n) is 1.52. The average Bonchev–Trinajstić information content (AvgIpc) is 2.51. The molecule has 0 saturated carbocycles. The molecular weight excluding hydrogens is 215 g/mol. The topological polar surface area (TPSA) is 44.0 Å². The van der Waals surface area contributed by atoms with Gasteiger partial charge in [0.1, 0.15) is 11.0 Å². The zero-order chi connectivity index (χ0) is 10.8. The van der Waals surface area contributed by atoms with E-state index >= 15 is 0 Å². The van der Waals surface area contributed by atoms with Crippen molar-refractivity contribution in [2.24, 2.45) is 0 Å². The van der Waals surface area contributed by atoms with Gasteiger partial charge in [-0.25, -0.2) is 0 Å². The third kappa shape index (κ3) is 2.47. The Morgan fingerprint density at radius 2 is 2.14 bits per heavy atom. The predicted molar refractivity (Wildman–Crippen MR) is 44.5 cm³/mol. The first kappa shape index (κ1) is 11.0. The molecule has 0 aliphatic rings. The molecule has 0 radical (unpaired) electrons. The largest absolute Gasteiger partial charge is 0.425 e. The molecule has 1 rings (SSSR count). The van der Waals surface area contributed by atoms with Gasteiger partial charge in [-0.15, -0.1) is 11.3 Å². The molecule has 0 saturated heterocycles. The normalized spacial score (nSPS) is 13.6. The van der Waals surface area contributed by atoms with E-state index in [2.05, 4.69) is 0 Å². The highest BCUT2D eigenvalue weighted by molar-refractivity contribution is 7.12. The molecule has 1 heterocycles. The van der Waals surface area contributed by atoms with E-state index in [1.54, 1.807) is 6.07 Å². The molecule has 0 aromatic carbocycles. The number of aliphatic hydroxyl groups excluding tert-OH is 1. The van der Waals surface area contributed by atoms with Gasteiger partial charge in [0.15, 0.2) is 0 Å². The van der Waals surface area contributed by atoms with Crippen molar-refractivity contribution in [2.75, 3.05) is 0 Å². The molecule has 1 aromatic heterocycles. The minimum absolute atomic E-state index is 0.166. The van der Waals surface area contributed by atoms with Gasteiger partial charge in [0.25, 0.3) is 0 Å². The zero-order valence-electron chi connectivity index (χ0n) is 6.88. The number of nitrogens with zero attached hydrogens (tertiary/aromatic N) is 1. The summed E-state index contributed by atoms with van der Waals surface area (Å²) >= 11 is 0.462. The van der Waals surface area contributed by atoms with Crippen molar-refractivity contribution in [3.05, 3.63) is 21.9 Å². The van der Waals surface area contributed by atoms with Crippen molar-refractivity contribution in [1.82, 2.24) is 0 Å². The summed E-state index contributed by atoms with van der Waals surface area (Å²) in [4.78, 5) is -0.594. The fourth-order valence-electron chi connectivity index (χ4n) is 0.871. The maximum atomic E-state index is 12.1. The van der Waals surface area contributed by atoms with E-state index in [0.717, 1.165) is 6.07 Å². The second-order valence-electron chi connectivity index (χ2n) is 2.58. The zero-order valence-corrected chi connectivity index (χ0v) is 7.69. The van der Waals surface area contributed by atoms with Crippen LogP contribution in [0.4, 0.5) is 13.2 Å². The molecule has 0 amide bonds. The molecule has 14 heavy (non-hydrogen) atoms. The molecule has 76 valence electrons. The SMILES string of the molecule is N#CCC(O)c1ccc(C(F)(F)F)s1. The van der Waals surface area contributed by atoms with Crippen molar-refractivity contribution in [3.63, 3.8) is 0 Å². The van der Waals surface area contributed by atoms with E-state index in [-0.39, 0.29) is 11.3 Å². The van der Waals surface area contributed by atoms with Crippen LogP contribution in [0.2, 0.25) is 0 Å². The van der Waals surface area contributed by atoms with Crippen LogP contribution in [0.25, 0.3) is 0 Å². The Labute approximate surface area is 82.2 Å². The first-order valence-electron chi connectivity index (χ1n) is 3.67. The van der Waals surface area contributed by atoms with Gasteiger partial charge in [-0.3, -0.25) is 0 Å². The Balaban J connectivity index is 2.84. The van der Waals surface area contributed by atoms with Gasteiger partial charge in [0.2, 0.25) is 0 Å². The standard InChI is InChI=1S/C8H6F3NOS/c9-8(10,11)7-2-1-6(14-7)5(13)3-4-12/h1-2,5,13H,3H2. The molecule has 1 aromatic rings. The number of aliphatic hydroxyl groups is 1. The average molecular weight is 221 g/mol. The van der Waals surface area contributed by atoms with Crippen molar-refractivity contribution in [3.8, 4) is 6.07 Å². The lowest BCUT2D eigenvalue weighted by atomic mass is 10.2. The highest BCUT2D eigenvalue weighted by atomic mass is 32.1. The Morgan fingerprint density at radius 3 is 2.57 bits per heavy atom. The van der Waals surface area contributed by atoms with Crippen LogP contribution >= 0.6 is 11.3 Å². The lowest BCUT2D eigenvalue weighted by Crippen LogP contribution is -2.00. The quantitative estimate of drug-likeness (QED) is 0.834. The lowest BCUT2D eigenvalue weighted by molar-refractivity contribution is -0.134. The number of nitriles is 1. The van der Waals surface area contributed by atoms with E-state index in [9.17, 15) is 18.3 Å². The van der Waals surface area contributed by atoms with Gasteiger partial charge in [-0.05, 0) is 12.1 Å². The van der Waals surface area contributed by atoms with Crippen molar-refractivity contribution in [1.29, 1.82) is 5.26 Å². The minimum atomic E-state index is -4.38. The molecule has 6 heteroatoms. The van der Waals surface area contributed by atoms with Crippen LogP contribution in [0.5, 0.6) is 0 Å². The van der Waals surface area contributed by atoms with Gasteiger partial charge in [-0.1, -0.05) is 0 Å². The first-order chi connectivity index (χ1) is 6.45. The number of alkyl halides is 3. The minimum Gasteiger partial charge on any atom is -0.386 e. The summed E-state index contributed by atoms with van der Waals surface area (Å²) in [5.74, 6) is 0. The van der Waals surface area contributed by atoms with Crippen LogP contribution in [0.15, 0.2) is 12.1 Å². The van der Waals surface area contributed by atoms with E-state index in [4.69, 9.17) is 5.26 Å². The maximum absolute atomic E-state index is 12.1. The molecule has 1 N–H and O–H groups in total. The van der Waals surface area contributed by atoms with E-state index < -0.39 is 17.2 Å². The summed E-state index contributed by atoms with van der Waals surface area (Å²) in [6.45, 7) is 0. The van der Waals surface area contributed by atoms with Gasteiger partial charge >= 0.3 is 6.18 Å². The number of thiophene rings is 1. The highest BCUT2D eigenvalue weighted by Crippen LogP contribution is 2.36. The van der Waals surface area contributed by atoms with Gasteiger partial charge < -0.3 is 5.11 Å². The second-order valence-corrected chi connectivity index (χ2v) is 3.69. The van der Waals surface area contributed by atoms with Crippen LogP contribution < -0.4 is 0 Å². The number of halogens is 3. The molecule has 0 spiro atoms. The Morgan fingerprint density at radius 1 is 1.50 bits per heavy atom. The highest BCUT2D eigenvalue weighted by Gasteiger charge is 2.32. The van der Waals surface area contributed by atoms with Crippen molar-refractivity contribution >= 4 is 11.3 Å². The number of rotatable bonds is 2. The lowest BCUT2D eigenvalue weighted by Gasteiger charge is -2.03. The summed E-state index contributed by atoms with van der Waals surface area (Å²) in [6.07, 6.45) is -5.70. The Kier molecular flexibility index (Phi) is 3.13. The Bertz CT molecular complexity index is 352. The monoisotopic (exact) mass is 221 g/mol. The fraction of sp³-hybridized carbons (Fsp3) is 0.375. The summed E-state index contributed by atoms with van der Waals surface area (Å²) in [6, 6.07) is 3.78. The molecule has 1 unspecified atom stereocenters. The Hall–Kier alpha value is -1.06. The molecular formula is C8H6F3NOS. The van der Waals surface area contributed by atoms with Crippen LogP contribution in [0.3, 0.4) is 0 Å². The smallest absolute Gasteiger partial charge is 0.386 e.